The molecule has 0 atom stereocenters. The fourth-order valence-electron chi connectivity index (χ4n) is 2.53. The summed E-state index contributed by atoms with van der Waals surface area (Å²) >= 11 is 7.13. The predicted molar refractivity (Wildman–Crippen MR) is 116 cm³/mol. The van der Waals surface area contributed by atoms with Gasteiger partial charge in [-0.2, -0.15) is 0 Å². The molecule has 0 aliphatic rings. The second-order valence-corrected chi connectivity index (χ2v) is 7.46. The van der Waals surface area contributed by atoms with Gasteiger partial charge in [0.25, 0.3) is 0 Å². The molecule has 3 N–H and O–H groups in total. The summed E-state index contributed by atoms with van der Waals surface area (Å²) in [5.41, 5.74) is 2.75. The van der Waals surface area contributed by atoms with Gasteiger partial charge in [0.1, 0.15) is 5.75 Å². The van der Waals surface area contributed by atoms with Crippen LogP contribution in [-0.4, -0.2) is 24.0 Å². The van der Waals surface area contributed by atoms with Gasteiger partial charge < -0.3 is 15.4 Å². The van der Waals surface area contributed by atoms with Crippen LogP contribution in [0.3, 0.4) is 0 Å². The molecule has 2 aromatic carbocycles. The average molecular weight is 431 g/mol. The lowest BCUT2D eigenvalue weighted by Crippen LogP contribution is -2.19. The summed E-state index contributed by atoms with van der Waals surface area (Å²) in [4.78, 5) is 28.7. The number of ether oxygens (including phenoxy) is 1. The van der Waals surface area contributed by atoms with Crippen molar-refractivity contribution in [3.8, 4) is 5.75 Å². The number of nitrogens with zero attached hydrogens (tertiary/aromatic N) is 1. The Labute approximate surface area is 177 Å². The van der Waals surface area contributed by atoms with Crippen LogP contribution in [0.4, 0.5) is 21.3 Å². The molecule has 0 radical (unpaired) electrons. The number of aromatic nitrogens is 1. The number of rotatable bonds is 6. The molecule has 0 saturated carbocycles. The van der Waals surface area contributed by atoms with E-state index in [0.29, 0.717) is 33.0 Å². The molecule has 0 aliphatic carbocycles. The third-order valence-electron chi connectivity index (χ3n) is 3.83. The van der Waals surface area contributed by atoms with Gasteiger partial charge >= 0.3 is 6.03 Å². The zero-order chi connectivity index (χ0) is 20.8. The van der Waals surface area contributed by atoms with Crippen molar-refractivity contribution in [2.24, 2.45) is 0 Å². The lowest BCUT2D eigenvalue weighted by molar-refractivity contribution is -0.115. The van der Waals surface area contributed by atoms with Crippen LogP contribution in [0.2, 0.25) is 5.02 Å². The number of amides is 3. The number of thiazole rings is 1. The molecule has 0 spiro atoms. The van der Waals surface area contributed by atoms with Gasteiger partial charge in [-0.3, -0.25) is 10.1 Å². The van der Waals surface area contributed by atoms with Crippen molar-refractivity contribution < 1.29 is 14.3 Å². The minimum Gasteiger partial charge on any atom is -0.495 e. The zero-order valence-electron chi connectivity index (χ0n) is 15.8. The van der Waals surface area contributed by atoms with E-state index in [0.717, 1.165) is 5.56 Å². The SMILES string of the molecule is COc1cc(C)ccc1NC(=O)Cc1csc(NC(=O)Nc2cccc(Cl)c2)n1. The van der Waals surface area contributed by atoms with E-state index in [2.05, 4.69) is 20.9 Å². The van der Waals surface area contributed by atoms with Crippen molar-refractivity contribution in [2.45, 2.75) is 13.3 Å². The van der Waals surface area contributed by atoms with Crippen LogP contribution >= 0.6 is 22.9 Å². The van der Waals surface area contributed by atoms with Crippen LogP contribution in [-0.2, 0) is 11.2 Å². The zero-order valence-corrected chi connectivity index (χ0v) is 17.4. The Morgan fingerprint density at radius 3 is 2.72 bits per heavy atom. The van der Waals surface area contributed by atoms with Crippen molar-refractivity contribution in [1.29, 1.82) is 0 Å². The van der Waals surface area contributed by atoms with E-state index >= 15 is 0 Å². The van der Waals surface area contributed by atoms with Gasteiger partial charge in [0.2, 0.25) is 5.91 Å². The number of aryl methyl sites for hydroxylation is 1. The van der Waals surface area contributed by atoms with E-state index in [4.69, 9.17) is 16.3 Å². The third-order valence-corrected chi connectivity index (χ3v) is 4.87. The standard InChI is InChI=1S/C20H19ClN4O3S/c1-12-6-7-16(17(8-12)28-2)24-18(26)10-15-11-29-20(23-15)25-19(27)22-14-5-3-4-13(21)9-14/h3-9,11H,10H2,1-2H3,(H,24,26)(H2,22,23,25,27). The fraction of sp³-hybridized carbons (Fsp3) is 0.150. The van der Waals surface area contributed by atoms with Crippen molar-refractivity contribution in [3.63, 3.8) is 0 Å². The molecule has 9 heteroatoms. The Kier molecular flexibility index (Phi) is 6.69. The minimum atomic E-state index is -0.443. The van der Waals surface area contributed by atoms with Crippen LogP contribution in [0.1, 0.15) is 11.3 Å². The summed E-state index contributed by atoms with van der Waals surface area (Å²) in [5, 5.41) is 10.8. The van der Waals surface area contributed by atoms with Crippen molar-refractivity contribution in [3.05, 3.63) is 64.1 Å². The Balaban J connectivity index is 1.56. The summed E-state index contributed by atoms with van der Waals surface area (Å²) in [6, 6.07) is 11.9. The van der Waals surface area contributed by atoms with E-state index in [-0.39, 0.29) is 12.3 Å². The molecule has 3 aromatic rings. The van der Waals surface area contributed by atoms with Gasteiger partial charge in [0.15, 0.2) is 5.13 Å². The smallest absolute Gasteiger partial charge is 0.325 e. The maximum absolute atomic E-state index is 12.3. The number of methoxy groups -OCH3 is 1. The molecule has 29 heavy (non-hydrogen) atoms. The number of carbonyl (C=O) groups is 2. The van der Waals surface area contributed by atoms with E-state index < -0.39 is 6.03 Å². The van der Waals surface area contributed by atoms with Gasteiger partial charge in [-0.05, 0) is 42.8 Å². The number of nitrogens with one attached hydrogen (secondary N) is 3. The van der Waals surface area contributed by atoms with E-state index in [9.17, 15) is 9.59 Å². The minimum absolute atomic E-state index is 0.0745. The van der Waals surface area contributed by atoms with Gasteiger partial charge in [0.05, 0.1) is 24.9 Å². The van der Waals surface area contributed by atoms with Crippen molar-refractivity contribution in [1.82, 2.24) is 4.98 Å². The maximum Gasteiger partial charge on any atom is 0.325 e. The van der Waals surface area contributed by atoms with Crippen molar-refractivity contribution in [2.75, 3.05) is 23.1 Å². The van der Waals surface area contributed by atoms with Gasteiger partial charge in [0, 0.05) is 16.1 Å². The van der Waals surface area contributed by atoms with Gasteiger partial charge in [-0.25, -0.2) is 9.78 Å². The first-order chi connectivity index (χ1) is 13.9. The Morgan fingerprint density at radius 1 is 1.14 bits per heavy atom. The maximum atomic E-state index is 12.3. The first-order valence-corrected chi connectivity index (χ1v) is 9.91. The number of carbonyl (C=O) groups excluding carboxylic acids is 2. The molecule has 0 unspecified atom stereocenters. The van der Waals surface area contributed by atoms with Gasteiger partial charge in [-0.15, -0.1) is 11.3 Å². The van der Waals surface area contributed by atoms with Crippen molar-refractivity contribution >= 4 is 51.4 Å². The topological polar surface area (TPSA) is 92.4 Å². The highest BCUT2D eigenvalue weighted by Crippen LogP contribution is 2.25. The van der Waals surface area contributed by atoms with E-state index in [1.807, 2.05) is 19.1 Å². The molecule has 1 heterocycles. The number of anilines is 3. The Hall–Kier alpha value is -3.10. The highest BCUT2D eigenvalue weighted by molar-refractivity contribution is 7.14. The van der Waals surface area contributed by atoms with Crippen LogP contribution < -0.4 is 20.7 Å². The van der Waals surface area contributed by atoms with Gasteiger partial charge in [-0.1, -0.05) is 23.7 Å². The molecule has 0 aliphatic heterocycles. The summed E-state index contributed by atoms with van der Waals surface area (Å²) in [6.45, 7) is 1.94. The summed E-state index contributed by atoms with van der Waals surface area (Å²) in [7, 11) is 1.55. The Morgan fingerprint density at radius 2 is 1.97 bits per heavy atom. The van der Waals surface area contributed by atoms with Crippen LogP contribution in [0.15, 0.2) is 47.8 Å². The normalized spacial score (nSPS) is 10.3. The molecule has 3 amide bonds. The molecular formula is C20H19ClN4O3S. The highest BCUT2D eigenvalue weighted by Gasteiger charge is 2.12. The number of hydrogen-bond acceptors (Lipinski definition) is 5. The third kappa shape index (κ3) is 5.94. The first kappa shape index (κ1) is 20.6. The molecule has 0 bridgehead atoms. The summed E-state index contributed by atoms with van der Waals surface area (Å²) in [6.07, 6.45) is 0.0745. The van der Waals surface area contributed by atoms with Crippen LogP contribution in [0.5, 0.6) is 5.75 Å². The number of benzene rings is 2. The predicted octanol–water partition coefficient (Wildman–Crippen LogP) is 4.94. The lowest BCUT2D eigenvalue weighted by Gasteiger charge is -2.10. The molecule has 1 aromatic heterocycles. The summed E-state index contributed by atoms with van der Waals surface area (Å²) in [5.74, 6) is 0.365. The average Bonchev–Trinajstić information content (AvgIpc) is 3.09. The first-order valence-electron chi connectivity index (χ1n) is 8.65. The molecule has 0 saturated heterocycles. The van der Waals surface area contributed by atoms with E-state index in [1.165, 1.54) is 11.3 Å². The second-order valence-electron chi connectivity index (χ2n) is 6.16. The lowest BCUT2D eigenvalue weighted by atomic mass is 10.2. The largest absolute Gasteiger partial charge is 0.495 e. The molecule has 0 fully saturated rings. The monoisotopic (exact) mass is 430 g/mol. The fourth-order valence-corrected chi connectivity index (χ4v) is 3.43. The molecule has 150 valence electrons. The molecule has 3 rings (SSSR count). The van der Waals surface area contributed by atoms with E-state index in [1.54, 1.807) is 42.8 Å². The summed E-state index contributed by atoms with van der Waals surface area (Å²) < 4.78 is 5.29. The molecule has 7 nitrogen and oxygen atoms in total. The highest BCUT2D eigenvalue weighted by atomic mass is 35.5. The van der Waals surface area contributed by atoms with Crippen LogP contribution in [0, 0.1) is 6.92 Å². The number of hydrogen-bond donors (Lipinski definition) is 3. The van der Waals surface area contributed by atoms with Crippen LogP contribution in [0.25, 0.3) is 0 Å². The Bertz CT molecular complexity index is 1040. The second kappa shape index (κ2) is 9.40. The number of urea groups is 1. The quantitative estimate of drug-likeness (QED) is 0.516. The number of halogens is 1. The molecular weight excluding hydrogens is 412 g/mol.